The summed E-state index contributed by atoms with van der Waals surface area (Å²) in [5.74, 6) is 0.554. The van der Waals surface area contributed by atoms with E-state index >= 15 is 0 Å². The molecule has 2 aliphatic rings. The van der Waals surface area contributed by atoms with E-state index in [9.17, 15) is 4.79 Å². The van der Waals surface area contributed by atoms with Crippen molar-refractivity contribution in [1.82, 2.24) is 9.80 Å². The monoisotopic (exact) mass is 268 g/mol. The molecule has 1 aliphatic carbocycles. The normalized spacial score (nSPS) is 26.9. The molecule has 2 atom stereocenters. The summed E-state index contributed by atoms with van der Waals surface area (Å²) >= 11 is 0. The first-order valence-corrected chi connectivity index (χ1v) is 7.43. The lowest BCUT2D eigenvalue weighted by Crippen LogP contribution is -2.56. The van der Waals surface area contributed by atoms with Gasteiger partial charge in [-0.25, -0.2) is 0 Å². The number of hydrogen-bond donors (Lipinski definition) is 2. The Hall–Kier alpha value is -0.650. The molecule has 0 bridgehead atoms. The van der Waals surface area contributed by atoms with Crippen LogP contribution in [0.5, 0.6) is 0 Å². The van der Waals surface area contributed by atoms with Gasteiger partial charge in [-0.05, 0) is 39.0 Å². The highest BCUT2D eigenvalue weighted by atomic mass is 16.1. The fourth-order valence-electron chi connectivity index (χ4n) is 2.90. The van der Waals surface area contributed by atoms with Crippen molar-refractivity contribution in [2.75, 3.05) is 32.7 Å². The van der Waals surface area contributed by atoms with Gasteiger partial charge in [0.15, 0.2) is 0 Å². The van der Waals surface area contributed by atoms with Crippen LogP contribution in [-0.4, -0.2) is 60.0 Å². The minimum absolute atomic E-state index is 0.311. The summed E-state index contributed by atoms with van der Waals surface area (Å²) in [5, 5.41) is 0. The number of rotatable bonds is 6. The minimum atomic E-state index is -0.898. The summed E-state index contributed by atoms with van der Waals surface area (Å²) in [7, 11) is 0. The lowest BCUT2D eigenvalue weighted by atomic mass is 9.93. The highest BCUT2D eigenvalue weighted by Crippen LogP contribution is 2.30. The fourth-order valence-corrected chi connectivity index (χ4v) is 2.90. The molecule has 1 amide bonds. The van der Waals surface area contributed by atoms with E-state index in [0.29, 0.717) is 12.5 Å². The zero-order valence-electron chi connectivity index (χ0n) is 12.3. The van der Waals surface area contributed by atoms with Crippen LogP contribution in [0.3, 0.4) is 0 Å². The predicted molar refractivity (Wildman–Crippen MR) is 76.6 cm³/mol. The Kier molecular flexibility index (Phi) is 4.48. The zero-order chi connectivity index (χ0) is 14.0. The Morgan fingerprint density at radius 2 is 1.89 bits per heavy atom. The summed E-state index contributed by atoms with van der Waals surface area (Å²) in [6.45, 7) is 9.57. The fraction of sp³-hybridized carbons (Fsp3) is 0.929. The highest BCUT2D eigenvalue weighted by molar-refractivity contribution is 5.83. The van der Waals surface area contributed by atoms with Gasteiger partial charge in [-0.3, -0.25) is 9.69 Å². The van der Waals surface area contributed by atoms with Crippen LogP contribution < -0.4 is 11.5 Å². The summed E-state index contributed by atoms with van der Waals surface area (Å²) in [5.41, 5.74) is 10.4. The number of piperazine rings is 1. The quantitative estimate of drug-likeness (QED) is 0.711. The van der Waals surface area contributed by atoms with Crippen molar-refractivity contribution in [1.29, 1.82) is 0 Å². The van der Waals surface area contributed by atoms with Crippen LogP contribution in [0.4, 0.5) is 0 Å². The van der Waals surface area contributed by atoms with E-state index in [1.54, 1.807) is 6.92 Å². The van der Waals surface area contributed by atoms with Crippen molar-refractivity contribution in [3.8, 4) is 0 Å². The van der Waals surface area contributed by atoms with Crippen molar-refractivity contribution in [2.45, 2.75) is 44.7 Å². The number of carbonyl (C=O) groups is 1. The number of nitrogens with two attached hydrogens (primary N) is 2. The molecule has 0 aromatic carbocycles. The second-order valence-electron chi connectivity index (χ2n) is 6.61. The molecule has 0 aromatic rings. The topological polar surface area (TPSA) is 75.6 Å². The van der Waals surface area contributed by atoms with Gasteiger partial charge in [-0.2, -0.15) is 0 Å². The molecule has 5 heteroatoms. The lowest BCUT2D eigenvalue weighted by Gasteiger charge is -2.40. The third kappa shape index (κ3) is 4.16. The number of amides is 1. The Bertz CT molecular complexity index is 319. The molecule has 110 valence electrons. The molecule has 1 saturated heterocycles. The molecular weight excluding hydrogens is 240 g/mol. The van der Waals surface area contributed by atoms with Crippen LogP contribution in [0, 0.1) is 5.92 Å². The Labute approximate surface area is 116 Å². The van der Waals surface area contributed by atoms with E-state index < -0.39 is 11.4 Å². The van der Waals surface area contributed by atoms with Gasteiger partial charge in [-0.1, -0.05) is 0 Å². The number of nitrogens with zero attached hydrogens (tertiary/aromatic N) is 2. The van der Waals surface area contributed by atoms with E-state index in [1.807, 2.05) is 0 Å². The second kappa shape index (κ2) is 5.77. The number of carbonyl (C=O) groups excluding carboxylic acids is 1. The van der Waals surface area contributed by atoms with Crippen molar-refractivity contribution >= 4 is 5.91 Å². The summed E-state index contributed by atoms with van der Waals surface area (Å²) < 4.78 is 0. The first-order valence-electron chi connectivity index (χ1n) is 7.43. The molecule has 0 aromatic heterocycles. The van der Waals surface area contributed by atoms with E-state index in [1.165, 1.54) is 19.4 Å². The highest BCUT2D eigenvalue weighted by Gasteiger charge is 2.32. The van der Waals surface area contributed by atoms with Gasteiger partial charge in [0.2, 0.25) is 5.91 Å². The standard InChI is InChI=1S/C14H28N4O/c1-11(9-14(2,16)13(15)19)18-7-5-17(6-8-18)10-12-3-4-12/h11-12H,3-10,16H2,1-2H3,(H2,15,19). The van der Waals surface area contributed by atoms with Gasteiger partial charge in [0, 0.05) is 38.8 Å². The minimum Gasteiger partial charge on any atom is -0.368 e. The molecule has 1 aliphatic heterocycles. The Morgan fingerprint density at radius 1 is 1.32 bits per heavy atom. The lowest BCUT2D eigenvalue weighted by molar-refractivity contribution is -0.123. The van der Waals surface area contributed by atoms with E-state index in [-0.39, 0.29) is 0 Å². The van der Waals surface area contributed by atoms with Crippen molar-refractivity contribution in [3.63, 3.8) is 0 Å². The van der Waals surface area contributed by atoms with Gasteiger partial charge in [0.05, 0.1) is 5.54 Å². The molecule has 0 radical (unpaired) electrons. The number of primary amides is 1. The molecule has 4 N–H and O–H groups in total. The third-order valence-electron chi connectivity index (χ3n) is 4.53. The molecule has 1 saturated carbocycles. The molecule has 2 rings (SSSR count). The van der Waals surface area contributed by atoms with Gasteiger partial charge < -0.3 is 16.4 Å². The van der Waals surface area contributed by atoms with Crippen LogP contribution in [0.2, 0.25) is 0 Å². The Balaban J connectivity index is 1.75. The van der Waals surface area contributed by atoms with Crippen LogP contribution >= 0.6 is 0 Å². The molecule has 5 nitrogen and oxygen atoms in total. The smallest absolute Gasteiger partial charge is 0.237 e. The van der Waals surface area contributed by atoms with Gasteiger partial charge in [0.1, 0.15) is 0 Å². The second-order valence-corrected chi connectivity index (χ2v) is 6.61. The average Bonchev–Trinajstić information content (AvgIpc) is 3.13. The van der Waals surface area contributed by atoms with Crippen LogP contribution in [0.25, 0.3) is 0 Å². The molecule has 2 unspecified atom stereocenters. The number of hydrogen-bond acceptors (Lipinski definition) is 4. The van der Waals surface area contributed by atoms with Gasteiger partial charge >= 0.3 is 0 Å². The van der Waals surface area contributed by atoms with E-state index in [2.05, 4.69) is 16.7 Å². The summed E-state index contributed by atoms with van der Waals surface area (Å²) in [4.78, 5) is 16.3. The molecule has 2 fully saturated rings. The molecule has 0 spiro atoms. The average molecular weight is 268 g/mol. The maximum atomic E-state index is 11.3. The SMILES string of the molecule is CC(CC(C)(N)C(N)=O)N1CCN(CC2CC2)CC1. The maximum absolute atomic E-state index is 11.3. The van der Waals surface area contributed by atoms with E-state index in [0.717, 1.165) is 32.1 Å². The van der Waals surface area contributed by atoms with Gasteiger partial charge in [0.25, 0.3) is 0 Å². The molecule has 1 heterocycles. The van der Waals surface area contributed by atoms with E-state index in [4.69, 9.17) is 11.5 Å². The summed E-state index contributed by atoms with van der Waals surface area (Å²) in [6.07, 6.45) is 3.46. The first-order chi connectivity index (χ1) is 8.88. The first kappa shape index (κ1) is 14.8. The van der Waals surface area contributed by atoms with Gasteiger partial charge in [-0.15, -0.1) is 0 Å². The largest absolute Gasteiger partial charge is 0.368 e. The van der Waals surface area contributed by atoms with Crippen molar-refractivity contribution < 1.29 is 4.79 Å². The van der Waals surface area contributed by atoms with Crippen LogP contribution in [0.15, 0.2) is 0 Å². The van der Waals surface area contributed by atoms with Crippen LogP contribution in [-0.2, 0) is 4.79 Å². The predicted octanol–water partition coefficient (Wildman–Crippen LogP) is -0.00470. The molecular formula is C14H28N4O. The summed E-state index contributed by atoms with van der Waals surface area (Å²) in [6, 6.07) is 0.311. The molecule has 19 heavy (non-hydrogen) atoms. The zero-order valence-corrected chi connectivity index (χ0v) is 12.3. The van der Waals surface area contributed by atoms with Crippen molar-refractivity contribution in [2.24, 2.45) is 17.4 Å². The van der Waals surface area contributed by atoms with Crippen LogP contribution in [0.1, 0.15) is 33.1 Å². The maximum Gasteiger partial charge on any atom is 0.237 e. The Morgan fingerprint density at radius 3 is 2.37 bits per heavy atom. The van der Waals surface area contributed by atoms with Crippen molar-refractivity contribution in [3.05, 3.63) is 0 Å². The third-order valence-corrected chi connectivity index (χ3v) is 4.53.